The molecule has 2 aliphatic rings. The van der Waals surface area contributed by atoms with Gasteiger partial charge in [0.1, 0.15) is 6.61 Å². The summed E-state index contributed by atoms with van der Waals surface area (Å²) < 4.78 is 5.67. The number of carbonyl (C=O) groups is 2. The van der Waals surface area contributed by atoms with Gasteiger partial charge in [0.05, 0.1) is 10.5 Å². The summed E-state index contributed by atoms with van der Waals surface area (Å²) in [5, 5.41) is 16.5. The highest BCUT2D eigenvalue weighted by molar-refractivity contribution is 7.10. The van der Waals surface area contributed by atoms with E-state index in [0.717, 1.165) is 16.1 Å². The average molecular weight is 501 g/mol. The number of dihydropyridines is 1. The number of ether oxygens (including phenoxy) is 1. The van der Waals surface area contributed by atoms with E-state index in [0.29, 0.717) is 35.2 Å². The first-order chi connectivity index (χ1) is 17.4. The van der Waals surface area contributed by atoms with Crippen LogP contribution < -0.4 is 5.32 Å². The molecule has 2 atom stereocenters. The van der Waals surface area contributed by atoms with Crippen LogP contribution in [0.5, 0.6) is 0 Å². The van der Waals surface area contributed by atoms with Crippen molar-refractivity contribution in [3.8, 4) is 0 Å². The molecule has 8 heteroatoms. The molecule has 0 amide bonds. The molecule has 2 heterocycles. The lowest BCUT2D eigenvalue weighted by Crippen LogP contribution is -2.36. The van der Waals surface area contributed by atoms with Crippen molar-refractivity contribution < 1.29 is 19.2 Å². The van der Waals surface area contributed by atoms with E-state index < -0.39 is 16.8 Å². The number of thiophene rings is 1. The van der Waals surface area contributed by atoms with E-state index in [9.17, 15) is 19.7 Å². The van der Waals surface area contributed by atoms with E-state index in [-0.39, 0.29) is 24.0 Å². The molecule has 0 saturated carbocycles. The SMILES string of the molecule is CC1=C(C(=O)OCc2ccccc2)C(c2ccc([N+](=O)[O-])cc2)C2=C(CC(c3cccs3)CC2=O)N1. The fraction of sp³-hybridized carbons (Fsp3) is 0.214. The molecule has 0 radical (unpaired) electrons. The number of Topliss-reactive ketones (excluding diaryl/α,β-unsaturated/α-hetero) is 1. The van der Waals surface area contributed by atoms with E-state index in [1.165, 1.54) is 12.1 Å². The second-order valence-corrected chi connectivity index (χ2v) is 9.92. The minimum atomic E-state index is -0.665. The van der Waals surface area contributed by atoms with Crippen LogP contribution in [0.15, 0.2) is 94.7 Å². The predicted molar refractivity (Wildman–Crippen MR) is 136 cm³/mol. The van der Waals surface area contributed by atoms with Crippen LogP contribution in [0.1, 0.15) is 47.6 Å². The maximum atomic E-state index is 13.6. The molecule has 0 saturated heterocycles. The van der Waals surface area contributed by atoms with Crippen LogP contribution in [0.25, 0.3) is 0 Å². The van der Waals surface area contributed by atoms with Crippen LogP contribution in [-0.2, 0) is 20.9 Å². The summed E-state index contributed by atoms with van der Waals surface area (Å²) in [6.07, 6.45) is 0.991. The molecule has 36 heavy (non-hydrogen) atoms. The molecule has 0 spiro atoms. The van der Waals surface area contributed by atoms with Crippen molar-refractivity contribution in [1.82, 2.24) is 5.32 Å². The Balaban J connectivity index is 1.52. The standard InChI is InChI=1S/C28H24N2O5S/c1-17-25(28(32)35-16-18-6-3-2-4-7-18)26(19-9-11-21(12-10-19)30(33)34)27-22(29-17)14-20(15-23(27)31)24-8-5-13-36-24/h2-13,20,26,29H,14-16H2,1H3. The van der Waals surface area contributed by atoms with Gasteiger partial charge >= 0.3 is 5.97 Å². The molecule has 0 fully saturated rings. The van der Waals surface area contributed by atoms with Gasteiger partial charge in [-0.3, -0.25) is 14.9 Å². The quantitative estimate of drug-likeness (QED) is 0.262. The van der Waals surface area contributed by atoms with Crippen molar-refractivity contribution in [2.24, 2.45) is 0 Å². The molecule has 5 rings (SSSR count). The second kappa shape index (κ2) is 9.91. The number of rotatable bonds is 6. The molecule has 1 N–H and O–H groups in total. The summed E-state index contributed by atoms with van der Waals surface area (Å²) in [6.45, 7) is 1.91. The monoisotopic (exact) mass is 500 g/mol. The fourth-order valence-electron chi connectivity index (χ4n) is 4.96. The molecule has 182 valence electrons. The predicted octanol–water partition coefficient (Wildman–Crippen LogP) is 5.76. The maximum absolute atomic E-state index is 13.6. The summed E-state index contributed by atoms with van der Waals surface area (Å²) in [5.41, 5.74) is 3.74. The minimum Gasteiger partial charge on any atom is -0.457 e. The van der Waals surface area contributed by atoms with E-state index in [1.807, 2.05) is 47.8 Å². The summed E-state index contributed by atoms with van der Waals surface area (Å²) in [5.74, 6) is -1.15. The zero-order valence-corrected chi connectivity index (χ0v) is 20.4. The number of nitro groups is 1. The van der Waals surface area contributed by atoms with Crippen molar-refractivity contribution in [1.29, 1.82) is 0 Å². The molecular formula is C28H24N2O5S. The third kappa shape index (κ3) is 4.59. The lowest BCUT2D eigenvalue weighted by Gasteiger charge is -2.36. The molecule has 7 nitrogen and oxygen atoms in total. The first kappa shape index (κ1) is 23.7. The van der Waals surface area contributed by atoms with Crippen molar-refractivity contribution in [2.75, 3.05) is 0 Å². The molecule has 1 aliphatic heterocycles. The Morgan fingerprint density at radius 2 is 1.83 bits per heavy atom. The first-order valence-electron chi connectivity index (χ1n) is 11.6. The van der Waals surface area contributed by atoms with Crippen molar-refractivity contribution in [3.05, 3.63) is 121 Å². The lowest BCUT2D eigenvalue weighted by atomic mass is 9.72. The Bertz CT molecular complexity index is 1380. The number of non-ortho nitro benzene ring substituents is 1. The Labute approximate surface area is 212 Å². The van der Waals surface area contributed by atoms with Gasteiger partial charge in [0.25, 0.3) is 5.69 Å². The zero-order valence-electron chi connectivity index (χ0n) is 19.6. The van der Waals surface area contributed by atoms with Crippen LogP contribution >= 0.6 is 11.3 Å². The molecule has 2 aromatic carbocycles. The summed E-state index contributed by atoms with van der Waals surface area (Å²) >= 11 is 1.63. The van der Waals surface area contributed by atoms with Crippen LogP contribution in [0, 0.1) is 10.1 Å². The Morgan fingerprint density at radius 3 is 2.50 bits per heavy atom. The van der Waals surface area contributed by atoms with Gasteiger partial charge in [0, 0.05) is 52.2 Å². The molecular weight excluding hydrogens is 476 g/mol. The summed E-state index contributed by atoms with van der Waals surface area (Å²) in [7, 11) is 0. The number of nitrogens with one attached hydrogen (secondary N) is 1. The van der Waals surface area contributed by atoms with Crippen molar-refractivity contribution >= 4 is 28.8 Å². The zero-order chi connectivity index (χ0) is 25.2. The number of ketones is 1. The number of nitro benzene ring substituents is 1. The first-order valence-corrected chi connectivity index (χ1v) is 12.5. The van der Waals surface area contributed by atoms with Crippen LogP contribution in [0.2, 0.25) is 0 Å². The topological polar surface area (TPSA) is 98.5 Å². The molecule has 1 aliphatic carbocycles. The summed E-state index contributed by atoms with van der Waals surface area (Å²) in [6, 6.07) is 19.4. The number of nitrogens with zero attached hydrogens (tertiary/aromatic N) is 1. The van der Waals surface area contributed by atoms with E-state index in [1.54, 1.807) is 30.4 Å². The van der Waals surface area contributed by atoms with E-state index in [2.05, 4.69) is 5.32 Å². The number of hydrogen-bond donors (Lipinski definition) is 1. The Hall–Kier alpha value is -4.04. The largest absolute Gasteiger partial charge is 0.457 e. The average Bonchev–Trinajstić information content (AvgIpc) is 3.42. The third-order valence-corrected chi connectivity index (χ3v) is 7.68. The van der Waals surface area contributed by atoms with E-state index in [4.69, 9.17) is 4.74 Å². The van der Waals surface area contributed by atoms with Gasteiger partial charge in [-0.2, -0.15) is 0 Å². The van der Waals surface area contributed by atoms with Crippen LogP contribution in [0.3, 0.4) is 0 Å². The lowest BCUT2D eigenvalue weighted by molar-refractivity contribution is -0.384. The van der Waals surface area contributed by atoms with Gasteiger partial charge in [-0.15, -0.1) is 11.3 Å². The second-order valence-electron chi connectivity index (χ2n) is 8.94. The third-order valence-electron chi connectivity index (χ3n) is 6.64. The highest BCUT2D eigenvalue weighted by Crippen LogP contribution is 2.46. The van der Waals surface area contributed by atoms with Gasteiger partial charge in [-0.25, -0.2) is 4.79 Å². The van der Waals surface area contributed by atoms with Crippen molar-refractivity contribution in [2.45, 2.75) is 38.2 Å². The normalized spacial score (nSPS) is 19.5. The molecule has 2 unspecified atom stereocenters. The highest BCUT2D eigenvalue weighted by Gasteiger charge is 2.41. The van der Waals surface area contributed by atoms with Crippen LogP contribution in [0.4, 0.5) is 5.69 Å². The number of allylic oxidation sites excluding steroid dienone is 3. The van der Waals surface area contributed by atoms with Gasteiger partial charge in [-0.05, 0) is 35.9 Å². The van der Waals surface area contributed by atoms with Gasteiger partial charge in [0.15, 0.2) is 5.78 Å². The molecule has 1 aromatic heterocycles. The van der Waals surface area contributed by atoms with Crippen molar-refractivity contribution in [3.63, 3.8) is 0 Å². The fourth-order valence-corrected chi connectivity index (χ4v) is 5.79. The Kier molecular flexibility index (Phi) is 6.52. The van der Waals surface area contributed by atoms with E-state index >= 15 is 0 Å². The number of carbonyl (C=O) groups excluding carboxylic acids is 2. The highest BCUT2D eigenvalue weighted by atomic mass is 32.1. The van der Waals surface area contributed by atoms with Gasteiger partial charge in [0.2, 0.25) is 0 Å². The minimum absolute atomic E-state index is 0.0358. The summed E-state index contributed by atoms with van der Waals surface area (Å²) in [4.78, 5) is 38.9. The maximum Gasteiger partial charge on any atom is 0.337 e. The molecule has 3 aromatic rings. The number of esters is 1. The smallest absolute Gasteiger partial charge is 0.337 e. The van der Waals surface area contributed by atoms with Gasteiger partial charge in [-0.1, -0.05) is 48.5 Å². The number of benzene rings is 2. The van der Waals surface area contributed by atoms with Gasteiger partial charge < -0.3 is 10.1 Å². The Morgan fingerprint density at radius 1 is 1.08 bits per heavy atom. The molecule has 0 bridgehead atoms. The number of hydrogen-bond acceptors (Lipinski definition) is 7. The van der Waals surface area contributed by atoms with Crippen LogP contribution in [-0.4, -0.2) is 16.7 Å².